The number of alkyl halides is 1. The average Bonchev–Trinajstić information content (AvgIpc) is 3.14. The minimum atomic E-state index is -0.540. The number of nitrogens with one attached hydrogen (secondary N) is 2. The number of aromatic nitrogens is 5. The Labute approximate surface area is 138 Å². The van der Waals surface area contributed by atoms with E-state index in [0.717, 1.165) is 48.3 Å². The maximum atomic E-state index is 13.3. The van der Waals surface area contributed by atoms with Crippen molar-refractivity contribution < 1.29 is 4.39 Å². The number of nitrogens with zero attached hydrogens (tertiary/aromatic N) is 4. The molecule has 4 rings (SSSR count). The lowest BCUT2D eigenvalue weighted by Crippen LogP contribution is -2.12. The maximum absolute atomic E-state index is 13.3. The van der Waals surface area contributed by atoms with Gasteiger partial charge in [-0.25, -0.2) is 19.5 Å². The summed E-state index contributed by atoms with van der Waals surface area (Å²) in [4.78, 5) is 13.5. The summed E-state index contributed by atoms with van der Waals surface area (Å²) < 4.78 is 13.3. The zero-order valence-corrected chi connectivity index (χ0v) is 13.1. The number of hydrogen-bond acceptors (Lipinski definition) is 5. The van der Waals surface area contributed by atoms with Crippen LogP contribution < -0.4 is 5.32 Å². The minimum absolute atomic E-state index is 0.534. The standard InChI is InChI=1S/C17H17FN6/c18-9-11-5-1-2-6-12(11)15-21-14-8-4-3-7-13(14)16(22-15)23-17-19-10-20-24-17/h1-2,5-6,10H,3-4,7-9H2,(H2,19,20,21,22,23,24). The quantitative estimate of drug-likeness (QED) is 0.769. The highest BCUT2D eigenvalue weighted by Crippen LogP contribution is 2.30. The second-order valence-electron chi connectivity index (χ2n) is 5.78. The molecule has 0 aliphatic heterocycles. The van der Waals surface area contributed by atoms with Crippen LogP contribution in [0, 0.1) is 0 Å². The number of hydrogen-bond donors (Lipinski definition) is 2. The number of halogens is 1. The first-order chi connectivity index (χ1) is 11.8. The van der Waals surface area contributed by atoms with Gasteiger partial charge in [-0.15, -0.1) is 0 Å². The molecule has 2 aromatic heterocycles. The molecule has 0 radical (unpaired) electrons. The highest BCUT2D eigenvalue weighted by Gasteiger charge is 2.20. The Morgan fingerprint density at radius 1 is 1.12 bits per heavy atom. The van der Waals surface area contributed by atoms with Crippen molar-refractivity contribution in [3.05, 3.63) is 47.4 Å². The van der Waals surface area contributed by atoms with Crippen molar-refractivity contribution >= 4 is 11.8 Å². The number of H-pyrrole nitrogens is 1. The van der Waals surface area contributed by atoms with Crippen LogP contribution in [0.5, 0.6) is 0 Å². The summed E-state index contributed by atoms with van der Waals surface area (Å²) in [5.41, 5.74) is 3.47. The average molecular weight is 324 g/mol. The van der Waals surface area contributed by atoms with Crippen LogP contribution in [0.25, 0.3) is 11.4 Å². The van der Waals surface area contributed by atoms with E-state index >= 15 is 0 Å². The van der Waals surface area contributed by atoms with Crippen LogP contribution >= 0.6 is 0 Å². The van der Waals surface area contributed by atoms with Crippen LogP contribution in [-0.4, -0.2) is 25.1 Å². The van der Waals surface area contributed by atoms with Gasteiger partial charge in [-0.1, -0.05) is 24.3 Å². The van der Waals surface area contributed by atoms with Crippen molar-refractivity contribution in [3.63, 3.8) is 0 Å². The Hall–Kier alpha value is -2.83. The maximum Gasteiger partial charge on any atom is 0.224 e. The second-order valence-corrected chi connectivity index (χ2v) is 5.78. The predicted molar refractivity (Wildman–Crippen MR) is 88.6 cm³/mol. The van der Waals surface area contributed by atoms with E-state index in [2.05, 4.69) is 25.5 Å². The molecule has 1 aliphatic carbocycles. The van der Waals surface area contributed by atoms with Gasteiger partial charge < -0.3 is 5.32 Å². The normalized spacial score (nSPS) is 13.5. The minimum Gasteiger partial charge on any atom is -0.309 e. The molecule has 3 aromatic rings. The summed E-state index contributed by atoms with van der Waals surface area (Å²) in [7, 11) is 0. The van der Waals surface area contributed by atoms with Crippen LogP contribution in [-0.2, 0) is 19.5 Å². The lowest BCUT2D eigenvalue weighted by atomic mass is 9.96. The Kier molecular flexibility index (Phi) is 3.90. The van der Waals surface area contributed by atoms with Gasteiger partial charge >= 0.3 is 0 Å². The van der Waals surface area contributed by atoms with Gasteiger partial charge in [0.2, 0.25) is 5.95 Å². The molecule has 2 N–H and O–H groups in total. The second kappa shape index (κ2) is 6.35. The van der Waals surface area contributed by atoms with Crippen molar-refractivity contribution in [2.75, 3.05) is 5.32 Å². The van der Waals surface area contributed by atoms with Crippen LogP contribution in [0.4, 0.5) is 16.2 Å². The van der Waals surface area contributed by atoms with Crippen molar-refractivity contribution in [2.24, 2.45) is 0 Å². The number of aromatic amines is 1. The van der Waals surface area contributed by atoms with Crippen molar-refractivity contribution in [1.29, 1.82) is 0 Å². The fraction of sp³-hybridized carbons (Fsp3) is 0.294. The van der Waals surface area contributed by atoms with Gasteiger partial charge in [-0.3, -0.25) is 0 Å². The summed E-state index contributed by atoms with van der Waals surface area (Å²) in [5.74, 6) is 1.80. The molecule has 0 saturated carbocycles. The topological polar surface area (TPSA) is 79.4 Å². The molecule has 7 heteroatoms. The van der Waals surface area contributed by atoms with Crippen LogP contribution in [0.15, 0.2) is 30.6 Å². The monoisotopic (exact) mass is 324 g/mol. The highest BCUT2D eigenvalue weighted by atomic mass is 19.1. The number of anilines is 2. The van der Waals surface area contributed by atoms with Crippen LogP contribution in [0.1, 0.15) is 29.7 Å². The molecular formula is C17H17FN6. The van der Waals surface area contributed by atoms with Gasteiger partial charge in [0.1, 0.15) is 18.8 Å². The Bertz CT molecular complexity index is 846. The molecule has 2 heterocycles. The smallest absolute Gasteiger partial charge is 0.224 e. The van der Waals surface area contributed by atoms with E-state index in [1.165, 1.54) is 6.33 Å². The zero-order valence-electron chi connectivity index (χ0n) is 13.1. The molecule has 24 heavy (non-hydrogen) atoms. The first-order valence-corrected chi connectivity index (χ1v) is 8.01. The fourth-order valence-electron chi connectivity index (χ4n) is 3.05. The van der Waals surface area contributed by atoms with Gasteiger partial charge in [0, 0.05) is 16.8 Å². The number of benzene rings is 1. The van der Waals surface area contributed by atoms with Gasteiger partial charge in [0.25, 0.3) is 0 Å². The van der Waals surface area contributed by atoms with E-state index < -0.39 is 6.67 Å². The van der Waals surface area contributed by atoms with Gasteiger partial charge in [-0.05, 0) is 31.2 Å². The first kappa shape index (κ1) is 14.7. The van der Waals surface area contributed by atoms with E-state index in [-0.39, 0.29) is 0 Å². The summed E-state index contributed by atoms with van der Waals surface area (Å²) in [5, 5.41) is 9.81. The largest absolute Gasteiger partial charge is 0.309 e. The molecule has 0 spiro atoms. The lowest BCUT2D eigenvalue weighted by molar-refractivity contribution is 0.486. The number of rotatable bonds is 4. The molecule has 0 fully saturated rings. The molecular weight excluding hydrogens is 307 g/mol. The van der Waals surface area contributed by atoms with E-state index in [9.17, 15) is 4.39 Å². The zero-order chi connectivity index (χ0) is 16.4. The van der Waals surface area contributed by atoms with E-state index in [1.54, 1.807) is 6.07 Å². The van der Waals surface area contributed by atoms with Crippen molar-refractivity contribution in [3.8, 4) is 11.4 Å². The predicted octanol–water partition coefficient (Wildman–Crippen LogP) is 3.35. The molecule has 1 aliphatic rings. The number of fused-ring (bicyclic) bond motifs is 1. The third-order valence-electron chi connectivity index (χ3n) is 4.24. The molecule has 1 aromatic carbocycles. The van der Waals surface area contributed by atoms with E-state index in [1.807, 2.05) is 18.2 Å². The Morgan fingerprint density at radius 3 is 2.83 bits per heavy atom. The number of aryl methyl sites for hydroxylation is 1. The summed E-state index contributed by atoms with van der Waals surface area (Å²) >= 11 is 0. The van der Waals surface area contributed by atoms with Crippen LogP contribution in [0.2, 0.25) is 0 Å². The molecule has 6 nitrogen and oxygen atoms in total. The Balaban J connectivity index is 1.83. The molecule has 0 atom stereocenters. The molecule has 0 bridgehead atoms. The van der Waals surface area contributed by atoms with E-state index in [4.69, 9.17) is 4.98 Å². The molecule has 122 valence electrons. The molecule has 0 saturated heterocycles. The SMILES string of the molecule is FCc1ccccc1-c1nc2c(c(Nc3ncn[nH]3)n1)CCCC2. The van der Waals surface area contributed by atoms with Crippen LogP contribution in [0.3, 0.4) is 0 Å². The first-order valence-electron chi connectivity index (χ1n) is 8.01. The van der Waals surface area contributed by atoms with Gasteiger partial charge in [0.05, 0.1) is 0 Å². The van der Waals surface area contributed by atoms with E-state index in [0.29, 0.717) is 17.3 Å². The van der Waals surface area contributed by atoms with Gasteiger partial charge in [0.15, 0.2) is 5.82 Å². The Morgan fingerprint density at radius 2 is 2.00 bits per heavy atom. The van der Waals surface area contributed by atoms with Crippen molar-refractivity contribution in [1.82, 2.24) is 25.1 Å². The molecule has 0 unspecified atom stereocenters. The van der Waals surface area contributed by atoms with Crippen molar-refractivity contribution in [2.45, 2.75) is 32.4 Å². The lowest BCUT2D eigenvalue weighted by Gasteiger charge is -2.19. The van der Waals surface area contributed by atoms with Gasteiger partial charge in [-0.2, -0.15) is 10.1 Å². The summed E-state index contributed by atoms with van der Waals surface area (Å²) in [6.07, 6.45) is 5.50. The fourth-order valence-corrected chi connectivity index (χ4v) is 3.05. The third-order valence-corrected chi connectivity index (χ3v) is 4.24. The third kappa shape index (κ3) is 2.73. The molecule has 0 amide bonds. The highest BCUT2D eigenvalue weighted by molar-refractivity contribution is 5.65. The summed E-state index contributed by atoms with van der Waals surface area (Å²) in [6.45, 7) is -0.540. The summed E-state index contributed by atoms with van der Waals surface area (Å²) in [6, 6.07) is 7.32.